The third-order valence-electron chi connectivity index (χ3n) is 3.27. The van der Waals surface area contributed by atoms with E-state index in [1.54, 1.807) is 10.9 Å². The summed E-state index contributed by atoms with van der Waals surface area (Å²) in [5.41, 5.74) is 8.51. The Morgan fingerprint density at radius 1 is 1.30 bits per heavy atom. The lowest BCUT2D eigenvalue weighted by Gasteiger charge is -2.08. The first kappa shape index (κ1) is 12.6. The zero-order valence-electron chi connectivity index (χ0n) is 11.5. The predicted molar refractivity (Wildman–Crippen MR) is 77.7 cm³/mol. The van der Waals surface area contributed by atoms with Crippen molar-refractivity contribution in [2.75, 3.05) is 0 Å². The molecule has 0 atom stereocenters. The fraction of sp³-hybridized carbons (Fsp3) is 0.200. The van der Waals surface area contributed by atoms with Crippen LogP contribution in [0.5, 0.6) is 11.6 Å². The summed E-state index contributed by atoms with van der Waals surface area (Å²) >= 11 is 0. The van der Waals surface area contributed by atoms with Gasteiger partial charge in [-0.25, -0.2) is 4.68 Å². The topological polar surface area (TPSA) is 66.0 Å². The van der Waals surface area contributed by atoms with Gasteiger partial charge in [-0.15, -0.1) is 0 Å². The van der Waals surface area contributed by atoms with Crippen LogP contribution in [0.2, 0.25) is 0 Å². The molecule has 0 aliphatic rings. The van der Waals surface area contributed by atoms with Crippen LogP contribution in [0.4, 0.5) is 0 Å². The summed E-state index contributed by atoms with van der Waals surface area (Å²) in [6, 6.07) is 9.89. The molecule has 2 heterocycles. The molecule has 3 aromatic rings. The number of aryl methyl sites for hydroxylation is 2. The first-order chi connectivity index (χ1) is 9.69. The van der Waals surface area contributed by atoms with Crippen LogP contribution >= 0.6 is 0 Å². The van der Waals surface area contributed by atoms with E-state index >= 15 is 0 Å². The summed E-state index contributed by atoms with van der Waals surface area (Å²) in [4.78, 5) is 4.38. The number of hydrogen-bond donors (Lipinski definition) is 1. The Kier molecular flexibility index (Phi) is 3.12. The van der Waals surface area contributed by atoms with Gasteiger partial charge >= 0.3 is 0 Å². The first-order valence-electron chi connectivity index (χ1n) is 6.44. The number of nitrogens with two attached hydrogens (primary N) is 1. The molecule has 1 aromatic carbocycles. The number of rotatable bonds is 3. The lowest BCUT2D eigenvalue weighted by molar-refractivity contribution is 0.425. The second-order valence-corrected chi connectivity index (χ2v) is 4.66. The van der Waals surface area contributed by atoms with E-state index in [0.717, 1.165) is 22.2 Å². The van der Waals surface area contributed by atoms with Crippen molar-refractivity contribution in [3.8, 4) is 11.6 Å². The fourth-order valence-corrected chi connectivity index (χ4v) is 2.26. The van der Waals surface area contributed by atoms with Gasteiger partial charge in [0.25, 0.3) is 0 Å². The molecule has 0 unspecified atom stereocenters. The van der Waals surface area contributed by atoms with Crippen molar-refractivity contribution in [1.82, 2.24) is 14.8 Å². The number of ether oxygens (including phenoxy) is 1. The Morgan fingerprint density at radius 2 is 2.10 bits per heavy atom. The Morgan fingerprint density at radius 3 is 2.90 bits per heavy atom. The van der Waals surface area contributed by atoms with E-state index in [-0.39, 0.29) is 0 Å². The van der Waals surface area contributed by atoms with E-state index in [1.165, 1.54) is 0 Å². The number of hydrogen-bond acceptors (Lipinski definition) is 4. The minimum absolute atomic E-state index is 0.399. The van der Waals surface area contributed by atoms with Crippen molar-refractivity contribution in [2.45, 2.75) is 13.5 Å². The average molecular weight is 268 g/mol. The second kappa shape index (κ2) is 4.94. The van der Waals surface area contributed by atoms with Gasteiger partial charge < -0.3 is 10.5 Å². The van der Waals surface area contributed by atoms with Crippen LogP contribution in [0.3, 0.4) is 0 Å². The lowest BCUT2D eigenvalue weighted by Crippen LogP contribution is -2.01. The van der Waals surface area contributed by atoms with Gasteiger partial charge in [0.2, 0.25) is 5.88 Å². The highest BCUT2D eigenvalue weighted by molar-refractivity contribution is 5.79. The monoisotopic (exact) mass is 268 g/mol. The molecule has 0 amide bonds. The van der Waals surface area contributed by atoms with Crippen LogP contribution in [-0.2, 0) is 13.6 Å². The van der Waals surface area contributed by atoms with Gasteiger partial charge in [0.05, 0.1) is 23.0 Å². The first-order valence-corrected chi connectivity index (χ1v) is 6.44. The number of nitrogens with zero attached hydrogens (tertiary/aromatic N) is 3. The van der Waals surface area contributed by atoms with Gasteiger partial charge in [0.1, 0.15) is 5.75 Å². The maximum Gasteiger partial charge on any atom is 0.222 e. The third-order valence-corrected chi connectivity index (χ3v) is 3.27. The molecule has 0 saturated carbocycles. The van der Waals surface area contributed by atoms with Gasteiger partial charge in [-0.05, 0) is 19.1 Å². The van der Waals surface area contributed by atoms with Crippen molar-refractivity contribution in [2.24, 2.45) is 12.8 Å². The standard InChI is InChI=1S/C15H16N4O/c1-10-13(8-16)15(19(2)18-10)20-12-7-11-5-3-4-6-14(11)17-9-12/h3-7,9H,8,16H2,1-2H3. The molecule has 0 aliphatic heterocycles. The molecule has 0 radical (unpaired) electrons. The molecular formula is C15H16N4O. The van der Waals surface area contributed by atoms with Crippen molar-refractivity contribution in [3.05, 3.63) is 47.8 Å². The molecule has 0 saturated heterocycles. The fourth-order valence-electron chi connectivity index (χ4n) is 2.26. The largest absolute Gasteiger partial charge is 0.437 e. The maximum atomic E-state index is 5.92. The normalized spacial score (nSPS) is 10.9. The van der Waals surface area contributed by atoms with Gasteiger partial charge in [-0.3, -0.25) is 4.98 Å². The summed E-state index contributed by atoms with van der Waals surface area (Å²) < 4.78 is 7.62. The Labute approximate surface area is 117 Å². The molecule has 0 bridgehead atoms. The molecule has 5 heteroatoms. The molecule has 0 spiro atoms. The van der Waals surface area contributed by atoms with Crippen LogP contribution in [0, 0.1) is 6.92 Å². The Hall–Kier alpha value is -2.40. The minimum atomic E-state index is 0.399. The summed E-state index contributed by atoms with van der Waals surface area (Å²) in [5, 5.41) is 5.37. The van der Waals surface area contributed by atoms with Crippen LogP contribution in [-0.4, -0.2) is 14.8 Å². The zero-order chi connectivity index (χ0) is 14.1. The molecule has 2 N–H and O–H groups in total. The van der Waals surface area contributed by atoms with Crippen LogP contribution < -0.4 is 10.5 Å². The smallest absolute Gasteiger partial charge is 0.222 e. The van der Waals surface area contributed by atoms with E-state index in [1.807, 2.05) is 44.3 Å². The van der Waals surface area contributed by atoms with E-state index in [2.05, 4.69) is 10.1 Å². The molecule has 0 aliphatic carbocycles. The van der Waals surface area contributed by atoms with Crippen LogP contribution in [0.25, 0.3) is 10.9 Å². The molecule has 5 nitrogen and oxygen atoms in total. The number of pyridine rings is 1. The lowest BCUT2D eigenvalue weighted by atomic mass is 10.2. The van der Waals surface area contributed by atoms with Gasteiger partial charge in [0.15, 0.2) is 0 Å². The molecule has 102 valence electrons. The SMILES string of the molecule is Cc1nn(C)c(Oc2cnc3ccccc3c2)c1CN. The van der Waals surface area contributed by atoms with Crippen molar-refractivity contribution in [1.29, 1.82) is 0 Å². The van der Waals surface area contributed by atoms with E-state index in [9.17, 15) is 0 Å². The predicted octanol–water partition coefficient (Wildman–Crippen LogP) is 2.53. The van der Waals surface area contributed by atoms with E-state index < -0.39 is 0 Å². The molecule has 2 aromatic heterocycles. The number of aromatic nitrogens is 3. The summed E-state index contributed by atoms with van der Waals surface area (Å²) in [6.45, 7) is 2.32. The number of fused-ring (bicyclic) bond motifs is 1. The number of para-hydroxylation sites is 1. The van der Waals surface area contributed by atoms with Gasteiger partial charge in [-0.1, -0.05) is 18.2 Å². The zero-order valence-corrected chi connectivity index (χ0v) is 11.5. The highest BCUT2D eigenvalue weighted by atomic mass is 16.5. The van der Waals surface area contributed by atoms with E-state index in [4.69, 9.17) is 10.5 Å². The second-order valence-electron chi connectivity index (χ2n) is 4.66. The average Bonchev–Trinajstić information content (AvgIpc) is 2.72. The van der Waals surface area contributed by atoms with E-state index in [0.29, 0.717) is 18.2 Å². The summed E-state index contributed by atoms with van der Waals surface area (Å²) in [6.07, 6.45) is 1.71. The Bertz CT molecular complexity index is 764. The number of benzene rings is 1. The molecule has 20 heavy (non-hydrogen) atoms. The van der Waals surface area contributed by atoms with Crippen LogP contribution in [0.1, 0.15) is 11.3 Å². The molecular weight excluding hydrogens is 252 g/mol. The minimum Gasteiger partial charge on any atom is -0.437 e. The van der Waals surface area contributed by atoms with Crippen molar-refractivity contribution >= 4 is 10.9 Å². The maximum absolute atomic E-state index is 5.92. The highest BCUT2D eigenvalue weighted by Crippen LogP contribution is 2.28. The molecule has 3 rings (SSSR count). The van der Waals surface area contributed by atoms with Gasteiger partial charge in [0, 0.05) is 19.0 Å². The third kappa shape index (κ3) is 2.12. The van der Waals surface area contributed by atoms with Crippen molar-refractivity contribution < 1.29 is 4.74 Å². The van der Waals surface area contributed by atoms with Crippen LogP contribution in [0.15, 0.2) is 36.5 Å². The summed E-state index contributed by atoms with van der Waals surface area (Å²) in [5.74, 6) is 1.35. The van der Waals surface area contributed by atoms with Gasteiger partial charge in [-0.2, -0.15) is 5.10 Å². The molecule has 0 fully saturated rings. The van der Waals surface area contributed by atoms with Crippen molar-refractivity contribution in [3.63, 3.8) is 0 Å². The Balaban J connectivity index is 2.01. The summed E-state index contributed by atoms with van der Waals surface area (Å²) in [7, 11) is 1.84. The highest BCUT2D eigenvalue weighted by Gasteiger charge is 2.14. The quantitative estimate of drug-likeness (QED) is 0.792.